The lowest BCUT2D eigenvalue weighted by atomic mass is 9.83. The Labute approximate surface area is 151 Å². The number of hydrogen-bond donors (Lipinski definition) is 1. The number of ether oxygens (including phenoxy) is 3. The van der Waals surface area contributed by atoms with Gasteiger partial charge in [0.2, 0.25) is 0 Å². The van der Waals surface area contributed by atoms with E-state index in [9.17, 15) is 14.7 Å². The van der Waals surface area contributed by atoms with Crippen LogP contribution in [0.5, 0.6) is 5.75 Å². The normalized spacial score (nSPS) is 20.5. The Bertz CT molecular complexity index is 813. The molecule has 0 radical (unpaired) electrons. The molecule has 0 amide bonds. The molecule has 6 heteroatoms. The van der Waals surface area contributed by atoms with Gasteiger partial charge in [-0.1, -0.05) is 48.5 Å². The molecule has 1 heterocycles. The summed E-state index contributed by atoms with van der Waals surface area (Å²) in [6.45, 7) is 4.17. The molecule has 1 aliphatic rings. The molecule has 2 aromatic carbocycles. The van der Waals surface area contributed by atoms with Crippen molar-refractivity contribution in [2.24, 2.45) is 0 Å². The van der Waals surface area contributed by atoms with Crippen molar-refractivity contribution < 1.29 is 28.9 Å². The Morgan fingerprint density at radius 2 is 1.62 bits per heavy atom. The fourth-order valence-corrected chi connectivity index (χ4v) is 3.26. The predicted molar refractivity (Wildman–Crippen MR) is 92.2 cm³/mol. The molecule has 136 valence electrons. The molecule has 3 rings (SSSR count). The molecule has 0 saturated carbocycles. The van der Waals surface area contributed by atoms with Crippen LogP contribution >= 0.6 is 0 Å². The highest BCUT2D eigenvalue weighted by Gasteiger charge is 2.57. The molecule has 0 fully saturated rings. The van der Waals surface area contributed by atoms with Crippen LogP contribution in [0.25, 0.3) is 0 Å². The highest BCUT2D eigenvalue weighted by atomic mass is 16.9. The SMILES string of the molecule is CC(=O)OC1(OC(C)=O)Oc2c(C)cccc2C(O)C1c1ccccc1. The molecule has 2 atom stereocenters. The maximum Gasteiger partial charge on any atom is 0.431 e. The van der Waals surface area contributed by atoms with Crippen molar-refractivity contribution in [2.75, 3.05) is 0 Å². The van der Waals surface area contributed by atoms with Gasteiger partial charge in [0.05, 0.1) is 0 Å². The van der Waals surface area contributed by atoms with Crippen LogP contribution in [0.3, 0.4) is 0 Å². The van der Waals surface area contributed by atoms with Gasteiger partial charge < -0.3 is 19.3 Å². The maximum absolute atomic E-state index is 11.8. The molecule has 0 bridgehead atoms. The zero-order valence-electron chi connectivity index (χ0n) is 14.8. The minimum absolute atomic E-state index is 0.328. The molecular weight excluding hydrogens is 336 g/mol. The first-order valence-corrected chi connectivity index (χ1v) is 8.25. The number of carbonyl (C=O) groups is 2. The van der Waals surface area contributed by atoms with Gasteiger partial charge in [-0.05, 0) is 18.1 Å². The topological polar surface area (TPSA) is 82.1 Å². The van der Waals surface area contributed by atoms with Gasteiger partial charge in [0, 0.05) is 19.4 Å². The number of hydrogen-bond acceptors (Lipinski definition) is 6. The third-order valence-electron chi connectivity index (χ3n) is 4.23. The Balaban J connectivity index is 2.24. The van der Waals surface area contributed by atoms with E-state index in [4.69, 9.17) is 14.2 Å². The number of carbonyl (C=O) groups excluding carboxylic acids is 2. The second-order valence-corrected chi connectivity index (χ2v) is 6.22. The number of fused-ring (bicyclic) bond motifs is 1. The molecule has 0 saturated heterocycles. The average Bonchev–Trinajstić information content (AvgIpc) is 2.56. The van der Waals surface area contributed by atoms with Gasteiger partial charge in [-0.15, -0.1) is 0 Å². The lowest BCUT2D eigenvalue weighted by Crippen LogP contribution is -2.54. The molecule has 1 aliphatic heterocycles. The van der Waals surface area contributed by atoms with Crippen LogP contribution in [-0.4, -0.2) is 23.0 Å². The largest absolute Gasteiger partial charge is 0.431 e. The van der Waals surface area contributed by atoms with Gasteiger partial charge in [-0.3, -0.25) is 9.59 Å². The van der Waals surface area contributed by atoms with Gasteiger partial charge in [-0.2, -0.15) is 0 Å². The van der Waals surface area contributed by atoms with E-state index in [1.807, 2.05) is 6.07 Å². The summed E-state index contributed by atoms with van der Waals surface area (Å²) >= 11 is 0. The van der Waals surface area contributed by atoms with Crippen molar-refractivity contribution in [3.05, 3.63) is 65.2 Å². The molecule has 0 aliphatic carbocycles. The number of rotatable bonds is 3. The van der Waals surface area contributed by atoms with Gasteiger partial charge in [0.1, 0.15) is 17.8 Å². The second kappa shape index (κ2) is 6.80. The summed E-state index contributed by atoms with van der Waals surface area (Å²) in [6.07, 6.45) is -1.11. The first-order chi connectivity index (χ1) is 12.3. The highest BCUT2D eigenvalue weighted by molar-refractivity contribution is 5.69. The summed E-state index contributed by atoms with van der Waals surface area (Å²) in [5.74, 6) is -4.12. The average molecular weight is 356 g/mol. The third-order valence-corrected chi connectivity index (χ3v) is 4.23. The summed E-state index contributed by atoms with van der Waals surface area (Å²) in [5, 5.41) is 11.1. The Hall–Kier alpha value is -2.86. The summed E-state index contributed by atoms with van der Waals surface area (Å²) in [7, 11) is 0. The summed E-state index contributed by atoms with van der Waals surface area (Å²) in [6, 6.07) is 14.2. The standard InChI is InChI=1S/C20H20O6/c1-12-8-7-11-16-18(23)17(15-9-5-4-6-10-15)20(24-13(2)21,25-14(3)22)26-19(12)16/h4-11,17-18,23H,1-3H3. The zero-order chi connectivity index (χ0) is 18.9. The Morgan fingerprint density at radius 1 is 1.00 bits per heavy atom. The van der Waals surface area contributed by atoms with Crippen molar-refractivity contribution in [3.8, 4) is 5.75 Å². The number of aliphatic hydroxyl groups excluding tert-OH is 1. The zero-order valence-corrected chi connectivity index (χ0v) is 14.8. The molecule has 2 aromatic rings. The molecular formula is C20H20O6. The number of esters is 2. The highest BCUT2D eigenvalue weighted by Crippen LogP contribution is 2.51. The fraction of sp³-hybridized carbons (Fsp3) is 0.300. The lowest BCUT2D eigenvalue weighted by molar-refractivity contribution is -0.334. The summed E-state index contributed by atoms with van der Waals surface area (Å²) in [5.41, 5.74) is 1.86. The smallest absolute Gasteiger partial charge is 0.419 e. The van der Waals surface area contributed by atoms with E-state index in [0.29, 0.717) is 16.9 Å². The first kappa shape index (κ1) is 17.9. The van der Waals surface area contributed by atoms with Gasteiger partial charge in [0.15, 0.2) is 0 Å². The molecule has 6 nitrogen and oxygen atoms in total. The van der Waals surface area contributed by atoms with Gasteiger partial charge in [-0.25, -0.2) is 0 Å². The molecule has 0 spiro atoms. The third kappa shape index (κ3) is 3.15. The second-order valence-electron chi connectivity index (χ2n) is 6.22. The molecule has 1 N–H and O–H groups in total. The van der Waals surface area contributed by atoms with Gasteiger partial charge in [0.25, 0.3) is 0 Å². The first-order valence-electron chi connectivity index (χ1n) is 8.25. The van der Waals surface area contributed by atoms with E-state index in [2.05, 4.69) is 0 Å². The minimum atomic E-state index is -2.10. The van der Waals surface area contributed by atoms with Crippen LogP contribution in [0.1, 0.15) is 42.6 Å². The van der Waals surface area contributed by atoms with Crippen LogP contribution in [-0.2, 0) is 19.1 Å². The molecule has 0 aromatic heterocycles. The number of para-hydroxylation sites is 1. The maximum atomic E-state index is 11.8. The van der Waals surface area contributed by atoms with E-state index in [-0.39, 0.29) is 0 Å². The van der Waals surface area contributed by atoms with E-state index in [0.717, 1.165) is 5.56 Å². The summed E-state index contributed by atoms with van der Waals surface area (Å²) < 4.78 is 16.7. The van der Waals surface area contributed by atoms with E-state index in [1.54, 1.807) is 49.4 Å². The predicted octanol–water partition coefficient (Wildman–Crippen LogP) is 2.98. The number of aliphatic hydroxyl groups is 1. The molecule has 26 heavy (non-hydrogen) atoms. The Morgan fingerprint density at radius 3 is 2.19 bits per heavy atom. The Kier molecular flexibility index (Phi) is 4.70. The van der Waals surface area contributed by atoms with Crippen LogP contribution < -0.4 is 4.74 Å². The van der Waals surface area contributed by atoms with E-state index in [1.165, 1.54) is 13.8 Å². The van der Waals surface area contributed by atoms with Crippen LogP contribution in [0.2, 0.25) is 0 Å². The van der Waals surface area contributed by atoms with Crippen LogP contribution in [0, 0.1) is 6.92 Å². The van der Waals surface area contributed by atoms with Crippen molar-refractivity contribution in [1.82, 2.24) is 0 Å². The van der Waals surface area contributed by atoms with Crippen molar-refractivity contribution in [3.63, 3.8) is 0 Å². The van der Waals surface area contributed by atoms with Gasteiger partial charge >= 0.3 is 17.9 Å². The van der Waals surface area contributed by atoms with Crippen molar-refractivity contribution in [1.29, 1.82) is 0 Å². The quantitative estimate of drug-likeness (QED) is 0.672. The summed E-state index contributed by atoms with van der Waals surface area (Å²) in [4.78, 5) is 23.6. The van der Waals surface area contributed by atoms with E-state index < -0.39 is 29.9 Å². The monoisotopic (exact) mass is 356 g/mol. The molecule has 2 unspecified atom stereocenters. The van der Waals surface area contributed by atoms with Crippen molar-refractivity contribution >= 4 is 11.9 Å². The van der Waals surface area contributed by atoms with Crippen LogP contribution in [0.15, 0.2) is 48.5 Å². The minimum Gasteiger partial charge on any atom is -0.419 e. The fourth-order valence-electron chi connectivity index (χ4n) is 3.26. The van der Waals surface area contributed by atoms with Crippen LogP contribution in [0.4, 0.5) is 0 Å². The van der Waals surface area contributed by atoms with Crippen molar-refractivity contribution in [2.45, 2.75) is 38.8 Å². The lowest BCUT2D eigenvalue weighted by Gasteiger charge is -2.44. The number of aryl methyl sites for hydroxylation is 1. The van der Waals surface area contributed by atoms with E-state index >= 15 is 0 Å². The number of benzene rings is 2.